The van der Waals surface area contributed by atoms with E-state index >= 15 is 0 Å². The van der Waals surface area contributed by atoms with Crippen LogP contribution in [0.3, 0.4) is 0 Å². The predicted octanol–water partition coefficient (Wildman–Crippen LogP) is 3.93. The monoisotopic (exact) mass is 290 g/mol. The molecule has 2 aliphatic rings. The zero-order valence-electron chi connectivity index (χ0n) is 14.2. The minimum Gasteiger partial charge on any atom is -0.460 e. The second kappa shape index (κ2) is 7.55. The van der Waals surface area contributed by atoms with E-state index in [4.69, 9.17) is 17.6 Å². The van der Waals surface area contributed by atoms with Crippen molar-refractivity contribution in [1.29, 1.82) is 0 Å². The highest BCUT2D eigenvalue weighted by Crippen LogP contribution is 2.33. The molecule has 0 aromatic carbocycles. The summed E-state index contributed by atoms with van der Waals surface area (Å²) in [5.41, 5.74) is 0. The van der Waals surface area contributed by atoms with Crippen LogP contribution in [0.2, 0.25) is 5.82 Å². The van der Waals surface area contributed by atoms with E-state index in [1.807, 2.05) is 0 Å². The van der Waals surface area contributed by atoms with Gasteiger partial charge in [0.05, 0.1) is 13.9 Å². The molecule has 4 heteroatoms. The first-order valence-corrected chi connectivity index (χ1v) is 8.77. The Labute approximate surface area is 131 Å². The normalized spacial score (nSPS) is 33.3. The molecule has 1 aliphatic carbocycles. The van der Waals surface area contributed by atoms with Crippen molar-refractivity contribution in [2.45, 2.75) is 103 Å². The summed E-state index contributed by atoms with van der Waals surface area (Å²) in [7, 11) is 6.31. The number of hydrogen-bond acceptors (Lipinski definition) is 2. The Morgan fingerprint density at radius 1 is 1.10 bits per heavy atom. The standard InChI is InChI=1S/C17H31BN2O/c1-12(2)19-17-20(13(3)4)15-10-8-6-5-7-9-14(18)11-16(15)21-17/h12-16H,5-11H2,1-4H3. The molecular formula is C17H31BN2O. The molecule has 118 valence electrons. The van der Waals surface area contributed by atoms with E-state index in [-0.39, 0.29) is 18.0 Å². The van der Waals surface area contributed by atoms with Crippen LogP contribution in [0.1, 0.15) is 72.6 Å². The Bertz CT molecular complexity index is 357. The number of ether oxygens (including phenoxy) is 1. The third-order valence-corrected chi connectivity index (χ3v) is 4.55. The fourth-order valence-electron chi connectivity index (χ4n) is 3.58. The van der Waals surface area contributed by atoms with E-state index in [1.165, 1.54) is 32.1 Å². The molecule has 2 rings (SSSR count). The maximum Gasteiger partial charge on any atom is 0.288 e. The quantitative estimate of drug-likeness (QED) is 0.720. The van der Waals surface area contributed by atoms with Crippen molar-refractivity contribution in [2.75, 3.05) is 0 Å². The van der Waals surface area contributed by atoms with Crippen molar-refractivity contribution in [3.8, 4) is 0 Å². The molecule has 1 aliphatic heterocycles. The van der Waals surface area contributed by atoms with Crippen LogP contribution in [0.25, 0.3) is 0 Å². The summed E-state index contributed by atoms with van der Waals surface area (Å²) in [4.78, 5) is 7.12. The highest BCUT2D eigenvalue weighted by atomic mass is 16.5. The third kappa shape index (κ3) is 4.40. The van der Waals surface area contributed by atoms with Crippen LogP contribution in [-0.2, 0) is 4.74 Å². The van der Waals surface area contributed by atoms with Gasteiger partial charge >= 0.3 is 0 Å². The van der Waals surface area contributed by atoms with Gasteiger partial charge in [0.2, 0.25) is 0 Å². The van der Waals surface area contributed by atoms with E-state index in [0.29, 0.717) is 12.1 Å². The summed E-state index contributed by atoms with van der Waals surface area (Å²) in [5, 5.41) is 0. The molecule has 1 saturated heterocycles. The van der Waals surface area contributed by atoms with Crippen molar-refractivity contribution >= 4 is 13.9 Å². The number of aliphatic imine (C=N–C) groups is 1. The van der Waals surface area contributed by atoms with Gasteiger partial charge in [-0.15, -0.1) is 0 Å². The zero-order chi connectivity index (χ0) is 15.4. The summed E-state index contributed by atoms with van der Waals surface area (Å²) >= 11 is 0. The molecular weight excluding hydrogens is 259 g/mol. The summed E-state index contributed by atoms with van der Waals surface area (Å²) < 4.78 is 6.25. The lowest BCUT2D eigenvalue weighted by atomic mass is 9.76. The maximum atomic E-state index is 6.31. The van der Waals surface area contributed by atoms with E-state index in [2.05, 4.69) is 32.6 Å². The van der Waals surface area contributed by atoms with Gasteiger partial charge in [-0.2, -0.15) is 0 Å². The first-order chi connectivity index (χ1) is 9.99. The van der Waals surface area contributed by atoms with Crippen molar-refractivity contribution in [1.82, 2.24) is 4.90 Å². The molecule has 0 aromatic heterocycles. The fourth-order valence-corrected chi connectivity index (χ4v) is 3.58. The third-order valence-electron chi connectivity index (χ3n) is 4.55. The molecule has 0 amide bonds. The summed E-state index contributed by atoms with van der Waals surface area (Å²) in [6.07, 6.45) is 8.71. The minimum absolute atomic E-state index is 0.220. The molecule has 3 nitrogen and oxygen atoms in total. The van der Waals surface area contributed by atoms with Crippen molar-refractivity contribution in [3.63, 3.8) is 0 Å². The maximum absolute atomic E-state index is 6.31. The second-order valence-electron chi connectivity index (χ2n) is 7.22. The van der Waals surface area contributed by atoms with Crippen LogP contribution in [0.5, 0.6) is 0 Å². The van der Waals surface area contributed by atoms with Crippen LogP contribution in [-0.4, -0.2) is 43.0 Å². The lowest BCUT2D eigenvalue weighted by Gasteiger charge is -2.30. The minimum atomic E-state index is 0.220. The van der Waals surface area contributed by atoms with Gasteiger partial charge in [0.1, 0.15) is 6.10 Å². The fraction of sp³-hybridized carbons (Fsp3) is 0.941. The first-order valence-electron chi connectivity index (χ1n) is 8.77. The molecule has 2 radical (unpaired) electrons. The van der Waals surface area contributed by atoms with E-state index in [0.717, 1.165) is 18.9 Å². The molecule has 3 unspecified atom stereocenters. The first kappa shape index (κ1) is 16.7. The van der Waals surface area contributed by atoms with Crippen molar-refractivity contribution in [3.05, 3.63) is 0 Å². The summed E-state index contributed by atoms with van der Waals surface area (Å²) in [6.45, 7) is 8.69. The van der Waals surface area contributed by atoms with E-state index < -0.39 is 0 Å². The van der Waals surface area contributed by atoms with Gasteiger partial charge in [0, 0.05) is 12.1 Å². The largest absolute Gasteiger partial charge is 0.460 e. The van der Waals surface area contributed by atoms with E-state index in [1.54, 1.807) is 0 Å². The van der Waals surface area contributed by atoms with Gasteiger partial charge < -0.3 is 9.64 Å². The van der Waals surface area contributed by atoms with Gasteiger partial charge in [-0.3, -0.25) is 0 Å². The smallest absolute Gasteiger partial charge is 0.288 e. The Morgan fingerprint density at radius 3 is 2.38 bits per heavy atom. The SMILES string of the molecule is [B]C1CCCCCCC2C(C1)OC(=NC(C)C)N2C(C)C. The Kier molecular flexibility index (Phi) is 6.01. The summed E-state index contributed by atoms with van der Waals surface area (Å²) in [5.74, 6) is 0.267. The van der Waals surface area contributed by atoms with Gasteiger partial charge in [-0.05, 0) is 40.5 Å². The van der Waals surface area contributed by atoms with Gasteiger partial charge in [-0.25, -0.2) is 4.99 Å². The highest BCUT2D eigenvalue weighted by molar-refractivity contribution is 6.11. The molecule has 0 aromatic rings. The van der Waals surface area contributed by atoms with Crippen LogP contribution < -0.4 is 0 Å². The molecule has 0 spiro atoms. The number of fused-ring (bicyclic) bond motifs is 1. The molecule has 21 heavy (non-hydrogen) atoms. The highest BCUT2D eigenvalue weighted by Gasteiger charge is 2.41. The Balaban J connectivity index is 2.20. The number of hydrogen-bond donors (Lipinski definition) is 0. The van der Waals surface area contributed by atoms with E-state index in [9.17, 15) is 0 Å². The molecule has 3 atom stereocenters. The van der Waals surface area contributed by atoms with Crippen LogP contribution >= 0.6 is 0 Å². The molecule has 2 fully saturated rings. The second-order valence-corrected chi connectivity index (χ2v) is 7.22. The lowest BCUT2D eigenvalue weighted by molar-refractivity contribution is 0.155. The molecule has 0 bridgehead atoms. The lowest BCUT2D eigenvalue weighted by Crippen LogP contribution is -2.42. The average molecular weight is 290 g/mol. The number of amidine groups is 1. The van der Waals surface area contributed by atoms with Crippen LogP contribution in [0, 0.1) is 0 Å². The van der Waals surface area contributed by atoms with Crippen molar-refractivity contribution in [2.24, 2.45) is 4.99 Å². The number of rotatable bonds is 2. The number of nitrogens with zero attached hydrogens (tertiary/aromatic N) is 2. The average Bonchev–Trinajstić information content (AvgIpc) is 2.70. The van der Waals surface area contributed by atoms with Gasteiger partial charge in [-0.1, -0.05) is 37.9 Å². The van der Waals surface area contributed by atoms with Gasteiger partial charge in [0.15, 0.2) is 0 Å². The van der Waals surface area contributed by atoms with Crippen molar-refractivity contribution < 1.29 is 4.74 Å². The molecule has 0 N–H and O–H groups in total. The molecule has 1 saturated carbocycles. The topological polar surface area (TPSA) is 24.8 Å². The molecule has 1 heterocycles. The zero-order valence-corrected chi connectivity index (χ0v) is 14.2. The van der Waals surface area contributed by atoms with Crippen LogP contribution in [0.15, 0.2) is 4.99 Å². The Hall–Kier alpha value is -0.665. The van der Waals surface area contributed by atoms with Crippen LogP contribution in [0.4, 0.5) is 0 Å². The van der Waals surface area contributed by atoms with Gasteiger partial charge in [0.25, 0.3) is 6.02 Å². The summed E-state index contributed by atoms with van der Waals surface area (Å²) in [6, 6.07) is 2.00. The Morgan fingerprint density at radius 2 is 1.76 bits per heavy atom. The predicted molar refractivity (Wildman–Crippen MR) is 90.0 cm³/mol.